The van der Waals surface area contributed by atoms with Crippen LogP contribution < -0.4 is 14.4 Å². The van der Waals surface area contributed by atoms with Crippen LogP contribution in [0.4, 0.5) is 10.1 Å². The van der Waals surface area contributed by atoms with Crippen LogP contribution in [-0.2, 0) is 26.2 Å². The number of nitrogens with zero attached hydrogens (tertiary/aromatic N) is 2. The summed E-state index contributed by atoms with van der Waals surface area (Å²) < 4.78 is 45.2. The van der Waals surface area contributed by atoms with Crippen molar-refractivity contribution in [2.75, 3.05) is 31.3 Å². The number of methoxy groups -OCH3 is 1. The molecule has 0 spiro atoms. The van der Waals surface area contributed by atoms with E-state index in [-0.39, 0.29) is 36.5 Å². The molecule has 0 aliphatic carbocycles. The third kappa shape index (κ3) is 7.07. The minimum atomic E-state index is -3.67. The molecule has 0 aromatic heterocycles. The second kappa shape index (κ2) is 12.0. The molecule has 2 amide bonds. The first kappa shape index (κ1) is 27.4. The van der Waals surface area contributed by atoms with E-state index in [1.165, 1.54) is 31.2 Å². The topological polar surface area (TPSA) is 96.0 Å². The minimum Gasteiger partial charge on any atom is -0.495 e. The lowest BCUT2D eigenvalue weighted by molar-refractivity contribution is -0.140. The number of hydrogen-bond acceptors (Lipinski definition) is 5. The molecule has 0 aliphatic heterocycles. The number of hydrogen-bond donors (Lipinski definition) is 1. The molecule has 11 heteroatoms. The number of halogens is 2. The molecule has 2 rings (SSSR count). The fraction of sp³-hybridized carbons (Fsp3) is 0.391. The van der Waals surface area contributed by atoms with E-state index in [2.05, 4.69) is 5.32 Å². The van der Waals surface area contributed by atoms with Gasteiger partial charge in [0.2, 0.25) is 21.8 Å². The summed E-state index contributed by atoms with van der Waals surface area (Å²) >= 11 is 6.14. The van der Waals surface area contributed by atoms with E-state index in [9.17, 15) is 22.4 Å². The summed E-state index contributed by atoms with van der Waals surface area (Å²) in [6.07, 6.45) is 1.18. The molecule has 0 saturated carbocycles. The number of nitrogens with one attached hydrogen (secondary N) is 1. The SMILES string of the molecule is CNC(=O)C(C)N(Cc1ccccc1F)C(=O)CCCN(c1ccc(OC)c(Cl)c1)S(C)(=O)=O. The standard InChI is InChI=1S/C23H29ClFN3O5S/c1-16(23(30)26-2)27(15-17-8-5-6-9-20(17)25)22(29)10-7-13-28(34(4,31)32)18-11-12-21(33-3)19(24)14-18/h5-6,8-9,11-12,14,16H,7,10,13,15H2,1-4H3,(H,26,30). The van der Waals surface area contributed by atoms with E-state index in [0.717, 1.165) is 10.6 Å². The van der Waals surface area contributed by atoms with Crippen molar-refractivity contribution in [3.05, 3.63) is 58.9 Å². The number of rotatable bonds is 11. The zero-order chi connectivity index (χ0) is 25.5. The van der Waals surface area contributed by atoms with E-state index >= 15 is 0 Å². The van der Waals surface area contributed by atoms with Gasteiger partial charge in [0.15, 0.2) is 0 Å². The van der Waals surface area contributed by atoms with Crippen LogP contribution in [0.2, 0.25) is 5.02 Å². The Bertz CT molecular complexity index is 1130. The molecular weight excluding hydrogens is 485 g/mol. The van der Waals surface area contributed by atoms with Gasteiger partial charge in [-0.1, -0.05) is 29.8 Å². The highest BCUT2D eigenvalue weighted by atomic mass is 35.5. The number of benzene rings is 2. The second-order valence-electron chi connectivity index (χ2n) is 7.66. The minimum absolute atomic E-state index is 0.00905. The Kier molecular flexibility index (Phi) is 9.69. The van der Waals surface area contributed by atoms with Crippen molar-refractivity contribution in [2.24, 2.45) is 0 Å². The number of likely N-dealkylation sites (N-methyl/N-ethyl adjacent to an activating group) is 1. The van der Waals surface area contributed by atoms with Gasteiger partial charge in [-0.05, 0) is 37.6 Å². The molecule has 0 saturated heterocycles. The Hall–Kier alpha value is -2.85. The number of carbonyl (C=O) groups is 2. The molecule has 0 radical (unpaired) electrons. The Balaban J connectivity index is 2.18. The molecule has 1 unspecified atom stereocenters. The monoisotopic (exact) mass is 513 g/mol. The number of carbonyl (C=O) groups excluding carboxylic acids is 2. The van der Waals surface area contributed by atoms with Crippen molar-refractivity contribution in [1.29, 1.82) is 0 Å². The summed E-state index contributed by atoms with van der Waals surface area (Å²) in [5.41, 5.74) is 0.611. The molecule has 2 aromatic carbocycles. The third-order valence-electron chi connectivity index (χ3n) is 5.29. The molecular formula is C23H29ClFN3O5S. The van der Waals surface area contributed by atoms with Crippen molar-refractivity contribution < 1.29 is 27.1 Å². The van der Waals surface area contributed by atoms with Crippen molar-refractivity contribution in [2.45, 2.75) is 32.4 Å². The zero-order valence-corrected chi connectivity index (χ0v) is 21.1. The maximum absolute atomic E-state index is 14.2. The van der Waals surface area contributed by atoms with Crippen molar-refractivity contribution in [1.82, 2.24) is 10.2 Å². The number of ether oxygens (including phenoxy) is 1. The van der Waals surface area contributed by atoms with Crippen LogP contribution >= 0.6 is 11.6 Å². The molecule has 0 heterocycles. The molecule has 2 aromatic rings. The molecule has 0 aliphatic rings. The lowest BCUT2D eigenvalue weighted by Gasteiger charge is -2.29. The number of amides is 2. The zero-order valence-electron chi connectivity index (χ0n) is 19.5. The molecule has 1 N–H and O–H groups in total. The van der Waals surface area contributed by atoms with Crippen LogP contribution in [-0.4, -0.2) is 58.1 Å². The van der Waals surface area contributed by atoms with Crippen LogP contribution in [0.1, 0.15) is 25.3 Å². The average molecular weight is 514 g/mol. The predicted octanol–water partition coefficient (Wildman–Crippen LogP) is 3.20. The first-order chi connectivity index (χ1) is 16.0. The summed E-state index contributed by atoms with van der Waals surface area (Å²) in [5.74, 6) is -0.874. The van der Waals surface area contributed by atoms with Crippen LogP contribution in [0.15, 0.2) is 42.5 Å². The fourth-order valence-corrected chi connectivity index (χ4v) is 4.63. The predicted molar refractivity (Wildman–Crippen MR) is 130 cm³/mol. The summed E-state index contributed by atoms with van der Waals surface area (Å²) in [7, 11) is -0.760. The third-order valence-corrected chi connectivity index (χ3v) is 6.78. The molecule has 0 bridgehead atoms. The highest BCUT2D eigenvalue weighted by Gasteiger charge is 2.27. The van der Waals surface area contributed by atoms with E-state index in [1.54, 1.807) is 37.3 Å². The largest absolute Gasteiger partial charge is 0.495 e. The maximum Gasteiger partial charge on any atom is 0.242 e. The number of sulfonamides is 1. The van der Waals surface area contributed by atoms with Gasteiger partial charge in [0.25, 0.3) is 0 Å². The Morgan fingerprint density at radius 1 is 1.21 bits per heavy atom. The first-order valence-corrected chi connectivity index (χ1v) is 12.8. The molecule has 34 heavy (non-hydrogen) atoms. The van der Waals surface area contributed by atoms with Gasteiger partial charge in [-0.2, -0.15) is 0 Å². The van der Waals surface area contributed by atoms with Crippen molar-refractivity contribution >= 4 is 39.1 Å². The van der Waals surface area contributed by atoms with Gasteiger partial charge in [-0.25, -0.2) is 12.8 Å². The average Bonchev–Trinajstić information content (AvgIpc) is 2.79. The van der Waals surface area contributed by atoms with Crippen LogP contribution in [0, 0.1) is 5.82 Å². The van der Waals surface area contributed by atoms with Gasteiger partial charge in [0, 0.05) is 32.1 Å². The summed E-state index contributed by atoms with van der Waals surface area (Å²) in [6.45, 7) is 1.47. The lowest BCUT2D eigenvalue weighted by atomic mass is 10.1. The van der Waals surface area contributed by atoms with Crippen LogP contribution in [0.25, 0.3) is 0 Å². The lowest BCUT2D eigenvalue weighted by Crippen LogP contribution is -2.47. The summed E-state index contributed by atoms with van der Waals surface area (Å²) in [6, 6.07) is 9.77. The molecule has 0 fully saturated rings. The highest BCUT2D eigenvalue weighted by molar-refractivity contribution is 7.92. The van der Waals surface area contributed by atoms with E-state index in [4.69, 9.17) is 16.3 Å². The highest BCUT2D eigenvalue weighted by Crippen LogP contribution is 2.30. The van der Waals surface area contributed by atoms with Gasteiger partial charge in [0.05, 0.1) is 24.1 Å². The Morgan fingerprint density at radius 3 is 2.44 bits per heavy atom. The van der Waals surface area contributed by atoms with Gasteiger partial charge in [-0.15, -0.1) is 0 Å². The first-order valence-electron chi connectivity index (χ1n) is 10.5. The molecule has 1 atom stereocenters. The molecule has 8 nitrogen and oxygen atoms in total. The van der Waals surface area contributed by atoms with Gasteiger partial charge < -0.3 is 15.0 Å². The maximum atomic E-state index is 14.2. The quantitative estimate of drug-likeness (QED) is 0.498. The van der Waals surface area contributed by atoms with Gasteiger partial charge in [0.1, 0.15) is 17.6 Å². The summed E-state index contributed by atoms with van der Waals surface area (Å²) in [5, 5.41) is 2.74. The normalized spacial score (nSPS) is 12.1. The smallest absolute Gasteiger partial charge is 0.242 e. The second-order valence-corrected chi connectivity index (χ2v) is 9.97. The van der Waals surface area contributed by atoms with E-state index in [0.29, 0.717) is 11.4 Å². The van der Waals surface area contributed by atoms with Crippen molar-refractivity contribution in [3.8, 4) is 5.75 Å². The Morgan fingerprint density at radius 2 is 1.88 bits per heavy atom. The van der Waals surface area contributed by atoms with E-state index in [1.807, 2.05) is 0 Å². The van der Waals surface area contributed by atoms with Crippen LogP contribution in [0.5, 0.6) is 5.75 Å². The van der Waals surface area contributed by atoms with Gasteiger partial charge in [-0.3, -0.25) is 13.9 Å². The van der Waals surface area contributed by atoms with Crippen LogP contribution in [0.3, 0.4) is 0 Å². The molecule has 186 valence electrons. The Labute approximate surface area is 204 Å². The summed E-state index contributed by atoms with van der Waals surface area (Å²) in [4.78, 5) is 26.5. The number of anilines is 1. The van der Waals surface area contributed by atoms with Crippen molar-refractivity contribution in [3.63, 3.8) is 0 Å². The fourth-order valence-electron chi connectivity index (χ4n) is 3.42. The van der Waals surface area contributed by atoms with E-state index < -0.39 is 33.7 Å². The van der Waals surface area contributed by atoms with Gasteiger partial charge >= 0.3 is 0 Å².